The number of nitrogens with one attached hydrogen (secondary N) is 2. The SMILES string of the molecule is N#CCC(C1CC1)n1cc(C(=O)NNc2ccnc(Cl)c2)cn1. The van der Waals surface area contributed by atoms with Gasteiger partial charge in [-0.25, -0.2) is 4.98 Å². The van der Waals surface area contributed by atoms with Crippen LogP contribution >= 0.6 is 11.6 Å². The van der Waals surface area contributed by atoms with Crippen molar-refractivity contribution in [3.63, 3.8) is 0 Å². The summed E-state index contributed by atoms with van der Waals surface area (Å²) in [4.78, 5) is 16.0. The zero-order valence-corrected chi connectivity index (χ0v) is 13.0. The second-order valence-corrected chi connectivity index (χ2v) is 5.81. The Bertz CT molecular complexity index is 748. The van der Waals surface area contributed by atoms with Crippen molar-refractivity contribution in [2.75, 3.05) is 5.43 Å². The van der Waals surface area contributed by atoms with Crippen LogP contribution in [0.25, 0.3) is 0 Å². The normalized spacial score (nSPS) is 14.8. The summed E-state index contributed by atoms with van der Waals surface area (Å²) in [5.41, 5.74) is 6.41. The van der Waals surface area contributed by atoms with Crippen molar-refractivity contribution in [3.05, 3.63) is 41.4 Å². The van der Waals surface area contributed by atoms with Crippen LogP contribution in [0.5, 0.6) is 0 Å². The highest BCUT2D eigenvalue weighted by Gasteiger charge is 2.33. The molecule has 1 atom stereocenters. The maximum absolute atomic E-state index is 12.1. The van der Waals surface area contributed by atoms with Crippen LogP contribution < -0.4 is 10.9 Å². The van der Waals surface area contributed by atoms with Crippen molar-refractivity contribution in [3.8, 4) is 6.07 Å². The van der Waals surface area contributed by atoms with Crippen molar-refractivity contribution in [1.82, 2.24) is 20.2 Å². The third kappa shape index (κ3) is 3.79. The molecule has 3 rings (SSSR count). The van der Waals surface area contributed by atoms with E-state index in [-0.39, 0.29) is 11.9 Å². The van der Waals surface area contributed by atoms with Gasteiger partial charge in [0.2, 0.25) is 0 Å². The fourth-order valence-electron chi connectivity index (χ4n) is 2.37. The van der Waals surface area contributed by atoms with Crippen LogP contribution in [0.1, 0.15) is 35.7 Å². The number of pyridine rings is 1. The van der Waals surface area contributed by atoms with Gasteiger partial charge in [-0.2, -0.15) is 10.4 Å². The molecule has 1 aliphatic rings. The average Bonchev–Trinajstić information content (AvgIpc) is 3.26. The van der Waals surface area contributed by atoms with Gasteiger partial charge in [0, 0.05) is 18.5 Å². The quantitative estimate of drug-likeness (QED) is 0.627. The first-order valence-electron chi connectivity index (χ1n) is 7.26. The van der Waals surface area contributed by atoms with E-state index in [1.807, 2.05) is 0 Å². The molecule has 0 saturated heterocycles. The number of halogens is 1. The van der Waals surface area contributed by atoms with Crippen LogP contribution in [0.2, 0.25) is 5.15 Å². The minimum Gasteiger partial charge on any atom is -0.298 e. The topological polar surface area (TPSA) is 95.6 Å². The first kappa shape index (κ1) is 15.3. The molecule has 1 amide bonds. The van der Waals surface area contributed by atoms with E-state index in [0.29, 0.717) is 28.7 Å². The van der Waals surface area contributed by atoms with E-state index in [2.05, 4.69) is 27.0 Å². The summed E-state index contributed by atoms with van der Waals surface area (Å²) in [6.45, 7) is 0. The van der Waals surface area contributed by atoms with E-state index >= 15 is 0 Å². The van der Waals surface area contributed by atoms with Crippen molar-refractivity contribution in [1.29, 1.82) is 5.26 Å². The number of carbonyl (C=O) groups is 1. The van der Waals surface area contributed by atoms with Gasteiger partial charge in [-0.15, -0.1) is 0 Å². The van der Waals surface area contributed by atoms with E-state index in [4.69, 9.17) is 16.9 Å². The minimum absolute atomic E-state index is 0.0495. The molecule has 1 unspecified atom stereocenters. The second kappa shape index (κ2) is 6.67. The zero-order chi connectivity index (χ0) is 16.2. The lowest BCUT2D eigenvalue weighted by Gasteiger charge is -2.12. The predicted octanol–water partition coefficient (Wildman–Crippen LogP) is 2.55. The smallest absolute Gasteiger partial charge is 0.272 e. The summed E-state index contributed by atoms with van der Waals surface area (Å²) in [7, 11) is 0. The van der Waals surface area contributed by atoms with Crippen molar-refractivity contribution in [2.45, 2.75) is 25.3 Å². The Morgan fingerprint density at radius 2 is 2.39 bits per heavy atom. The highest BCUT2D eigenvalue weighted by atomic mass is 35.5. The maximum Gasteiger partial charge on any atom is 0.272 e. The van der Waals surface area contributed by atoms with Crippen LogP contribution in [0.4, 0.5) is 5.69 Å². The number of hydrogen-bond acceptors (Lipinski definition) is 5. The number of nitriles is 1. The summed E-state index contributed by atoms with van der Waals surface area (Å²) in [6, 6.07) is 5.52. The molecule has 2 N–H and O–H groups in total. The van der Waals surface area contributed by atoms with E-state index in [1.165, 1.54) is 12.4 Å². The molecule has 0 bridgehead atoms. The monoisotopic (exact) mass is 330 g/mol. The van der Waals surface area contributed by atoms with Crippen LogP contribution in [0, 0.1) is 17.2 Å². The Morgan fingerprint density at radius 3 is 3.09 bits per heavy atom. The molecule has 0 aromatic carbocycles. The molecule has 8 heteroatoms. The molecule has 1 saturated carbocycles. The van der Waals surface area contributed by atoms with E-state index in [9.17, 15) is 4.79 Å². The molecule has 2 heterocycles. The molecule has 2 aromatic rings. The Hall–Kier alpha value is -2.59. The van der Waals surface area contributed by atoms with Gasteiger partial charge < -0.3 is 0 Å². The van der Waals surface area contributed by atoms with Gasteiger partial charge in [0.1, 0.15) is 5.15 Å². The van der Waals surface area contributed by atoms with Crippen molar-refractivity contribution in [2.24, 2.45) is 5.92 Å². The predicted molar refractivity (Wildman–Crippen MR) is 84.6 cm³/mol. The van der Waals surface area contributed by atoms with E-state index in [1.54, 1.807) is 23.0 Å². The van der Waals surface area contributed by atoms with Crippen LogP contribution in [-0.4, -0.2) is 20.7 Å². The summed E-state index contributed by atoms with van der Waals surface area (Å²) in [5, 5.41) is 13.5. The second-order valence-electron chi connectivity index (χ2n) is 5.42. The third-order valence-corrected chi connectivity index (χ3v) is 3.92. The van der Waals surface area contributed by atoms with Crippen molar-refractivity contribution >= 4 is 23.2 Å². The van der Waals surface area contributed by atoms with Gasteiger partial charge in [-0.3, -0.25) is 20.3 Å². The summed E-state index contributed by atoms with van der Waals surface area (Å²) in [5.74, 6) is 0.179. The number of carbonyl (C=O) groups excluding carboxylic acids is 1. The maximum atomic E-state index is 12.1. The van der Waals surface area contributed by atoms with Gasteiger partial charge in [0.25, 0.3) is 5.91 Å². The molecule has 1 fully saturated rings. The minimum atomic E-state index is -0.310. The fourth-order valence-corrected chi connectivity index (χ4v) is 2.54. The molecular weight excluding hydrogens is 316 g/mol. The van der Waals surface area contributed by atoms with Gasteiger partial charge >= 0.3 is 0 Å². The number of amides is 1. The first-order chi connectivity index (χ1) is 11.2. The molecule has 118 valence electrons. The lowest BCUT2D eigenvalue weighted by Crippen LogP contribution is -2.29. The van der Waals surface area contributed by atoms with Gasteiger partial charge in [-0.05, 0) is 24.8 Å². The summed E-state index contributed by atoms with van der Waals surface area (Å²) < 4.78 is 1.72. The van der Waals surface area contributed by atoms with Crippen LogP contribution in [0.3, 0.4) is 0 Å². The molecule has 0 spiro atoms. The zero-order valence-electron chi connectivity index (χ0n) is 12.2. The molecule has 2 aromatic heterocycles. The van der Waals surface area contributed by atoms with E-state index < -0.39 is 0 Å². The van der Waals surface area contributed by atoms with Crippen molar-refractivity contribution < 1.29 is 4.79 Å². The molecule has 0 radical (unpaired) electrons. The average molecular weight is 331 g/mol. The first-order valence-corrected chi connectivity index (χ1v) is 7.64. The lowest BCUT2D eigenvalue weighted by molar-refractivity contribution is 0.0962. The van der Waals surface area contributed by atoms with Gasteiger partial charge in [-0.1, -0.05) is 11.6 Å². The molecule has 23 heavy (non-hydrogen) atoms. The Balaban J connectivity index is 1.63. The van der Waals surface area contributed by atoms with Crippen LogP contribution in [-0.2, 0) is 0 Å². The number of aromatic nitrogens is 3. The Labute approximate surface area is 138 Å². The van der Waals surface area contributed by atoms with Crippen LogP contribution in [0.15, 0.2) is 30.7 Å². The largest absolute Gasteiger partial charge is 0.298 e. The number of hydrazine groups is 1. The molecule has 1 aliphatic carbocycles. The highest BCUT2D eigenvalue weighted by Crippen LogP contribution is 2.41. The highest BCUT2D eigenvalue weighted by molar-refractivity contribution is 6.29. The van der Waals surface area contributed by atoms with Gasteiger partial charge in [0.05, 0.1) is 36.0 Å². The molecule has 7 nitrogen and oxygen atoms in total. The number of nitrogens with zero attached hydrogens (tertiary/aromatic N) is 4. The Morgan fingerprint density at radius 1 is 1.57 bits per heavy atom. The standard InChI is InChI=1S/C15H15ClN6O/c16-14-7-12(4-6-18-14)20-21-15(23)11-8-19-22(9-11)13(3-5-17)10-1-2-10/h4,6-10,13H,1-3H2,(H,18,20)(H,21,23). The fraction of sp³-hybridized carbons (Fsp3) is 0.333. The summed E-state index contributed by atoms with van der Waals surface area (Å²) >= 11 is 5.78. The summed E-state index contributed by atoms with van der Waals surface area (Å²) in [6.07, 6.45) is 7.34. The lowest BCUT2D eigenvalue weighted by atomic mass is 10.1. The Kier molecular flexibility index (Phi) is 4.44. The number of anilines is 1. The third-order valence-electron chi connectivity index (χ3n) is 3.72. The number of hydrogen-bond donors (Lipinski definition) is 2. The molecule has 0 aliphatic heterocycles. The van der Waals surface area contributed by atoms with E-state index in [0.717, 1.165) is 12.8 Å². The number of rotatable bonds is 6. The molecular formula is C15H15ClN6O. The van der Waals surface area contributed by atoms with Gasteiger partial charge in [0.15, 0.2) is 0 Å².